The molecule has 1 rings (SSSR count). The molecule has 0 heterocycles. The van der Waals surface area contributed by atoms with Gasteiger partial charge in [0.05, 0.1) is 4.90 Å². The van der Waals surface area contributed by atoms with Crippen molar-refractivity contribution in [3.05, 3.63) is 24.3 Å². The number of nitrogens with one attached hydrogen (secondary N) is 2. The summed E-state index contributed by atoms with van der Waals surface area (Å²) in [4.78, 5) is 0.204. The van der Waals surface area contributed by atoms with Gasteiger partial charge in [0.25, 0.3) is 0 Å². The van der Waals surface area contributed by atoms with Gasteiger partial charge >= 0.3 is 0 Å². The van der Waals surface area contributed by atoms with Crippen LogP contribution in [-0.2, 0) is 20.8 Å². The first-order valence-electron chi connectivity index (χ1n) is 5.46. The lowest BCUT2D eigenvalue weighted by Gasteiger charge is -2.11. The fourth-order valence-corrected chi connectivity index (χ4v) is 2.78. The van der Waals surface area contributed by atoms with E-state index in [2.05, 4.69) is 10.0 Å². The molecule has 5 nitrogen and oxygen atoms in total. The van der Waals surface area contributed by atoms with E-state index in [1.54, 1.807) is 32.4 Å². The maximum Gasteiger partial charge on any atom is 0.240 e. The van der Waals surface area contributed by atoms with Crippen molar-refractivity contribution in [3.63, 3.8) is 0 Å². The number of hydrogen-bond acceptors (Lipinski definition) is 4. The van der Waals surface area contributed by atoms with Crippen molar-refractivity contribution in [2.24, 2.45) is 0 Å². The highest BCUT2D eigenvalue weighted by atomic mass is 32.2. The first-order valence-corrected chi connectivity index (χ1v) is 8.57. The Morgan fingerprint density at radius 2 is 1.83 bits per heavy atom. The standard InChI is InChI=1S/C11H18N2O3S2/c1-9(17(3)14)8-13-18(15,16)11-6-4-10(12-2)5-7-11/h4-7,9,12-13H,8H2,1-3H3. The van der Waals surface area contributed by atoms with Crippen molar-refractivity contribution in [2.75, 3.05) is 25.2 Å². The topological polar surface area (TPSA) is 75.3 Å². The van der Waals surface area contributed by atoms with Gasteiger partial charge in [-0.25, -0.2) is 13.1 Å². The van der Waals surface area contributed by atoms with Crippen molar-refractivity contribution in [1.82, 2.24) is 4.72 Å². The van der Waals surface area contributed by atoms with Crippen LogP contribution in [0.15, 0.2) is 29.2 Å². The van der Waals surface area contributed by atoms with E-state index in [9.17, 15) is 12.6 Å². The molecular formula is C11H18N2O3S2. The summed E-state index contributed by atoms with van der Waals surface area (Å²) >= 11 is 0. The van der Waals surface area contributed by atoms with Crippen LogP contribution < -0.4 is 10.0 Å². The lowest BCUT2D eigenvalue weighted by Crippen LogP contribution is -2.32. The van der Waals surface area contributed by atoms with E-state index in [-0.39, 0.29) is 16.7 Å². The summed E-state index contributed by atoms with van der Waals surface area (Å²) in [5.74, 6) is 0. The largest absolute Gasteiger partial charge is 0.388 e. The van der Waals surface area contributed by atoms with Gasteiger partial charge in [-0.05, 0) is 31.2 Å². The molecule has 0 bridgehead atoms. The van der Waals surface area contributed by atoms with Crippen molar-refractivity contribution in [2.45, 2.75) is 17.1 Å². The Kier molecular flexibility index (Phi) is 5.30. The molecule has 2 N–H and O–H groups in total. The molecule has 18 heavy (non-hydrogen) atoms. The lowest BCUT2D eigenvalue weighted by molar-refractivity contribution is 0.580. The summed E-state index contributed by atoms with van der Waals surface area (Å²) in [5.41, 5.74) is 0.844. The second-order valence-electron chi connectivity index (χ2n) is 3.94. The van der Waals surface area contributed by atoms with Crippen LogP contribution >= 0.6 is 0 Å². The van der Waals surface area contributed by atoms with E-state index >= 15 is 0 Å². The maximum absolute atomic E-state index is 11.9. The zero-order valence-electron chi connectivity index (χ0n) is 10.6. The van der Waals surface area contributed by atoms with Gasteiger partial charge in [-0.15, -0.1) is 0 Å². The molecule has 0 aliphatic heterocycles. The zero-order valence-corrected chi connectivity index (χ0v) is 12.3. The molecule has 2 atom stereocenters. The van der Waals surface area contributed by atoms with E-state index < -0.39 is 20.8 Å². The highest BCUT2D eigenvalue weighted by Gasteiger charge is 2.16. The third-order valence-corrected chi connectivity index (χ3v) is 5.32. The van der Waals surface area contributed by atoms with Gasteiger partial charge in [-0.1, -0.05) is 0 Å². The van der Waals surface area contributed by atoms with E-state index in [4.69, 9.17) is 0 Å². The third-order valence-electron chi connectivity index (χ3n) is 2.58. The van der Waals surface area contributed by atoms with Gasteiger partial charge < -0.3 is 5.32 Å². The molecule has 2 unspecified atom stereocenters. The molecule has 102 valence electrons. The zero-order chi connectivity index (χ0) is 13.8. The number of sulfonamides is 1. The minimum Gasteiger partial charge on any atom is -0.388 e. The van der Waals surface area contributed by atoms with Crippen molar-refractivity contribution in [1.29, 1.82) is 0 Å². The van der Waals surface area contributed by atoms with Crippen LogP contribution in [0.4, 0.5) is 5.69 Å². The molecule has 0 aliphatic carbocycles. The quantitative estimate of drug-likeness (QED) is 0.811. The minimum atomic E-state index is -3.53. The number of hydrogen-bond donors (Lipinski definition) is 2. The molecule has 0 aromatic heterocycles. The van der Waals surface area contributed by atoms with Gasteiger partial charge in [-0.2, -0.15) is 0 Å². The van der Waals surface area contributed by atoms with E-state index in [1.807, 2.05) is 0 Å². The fourth-order valence-electron chi connectivity index (χ4n) is 1.23. The molecule has 7 heteroatoms. The highest BCUT2D eigenvalue weighted by molar-refractivity contribution is 7.89. The van der Waals surface area contributed by atoms with Crippen LogP contribution in [0.3, 0.4) is 0 Å². The predicted octanol–water partition coefficient (Wildman–Crippen LogP) is 0.774. The van der Waals surface area contributed by atoms with Crippen molar-refractivity contribution >= 4 is 26.5 Å². The Morgan fingerprint density at radius 3 is 2.28 bits per heavy atom. The first-order chi connectivity index (χ1) is 8.36. The Bertz CT molecular complexity index is 512. The van der Waals surface area contributed by atoms with Crippen LogP contribution in [0.2, 0.25) is 0 Å². The second kappa shape index (κ2) is 6.31. The second-order valence-corrected chi connectivity index (χ2v) is 7.50. The van der Waals surface area contributed by atoms with Crippen LogP contribution in [0, 0.1) is 0 Å². The van der Waals surface area contributed by atoms with E-state index in [1.165, 1.54) is 12.1 Å². The Hall–Kier alpha value is -0.920. The smallest absolute Gasteiger partial charge is 0.240 e. The molecule has 0 aliphatic rings. The maximum atomic E-state index is 11.9. The minimum absolute atomic E-state index is 0.166. The molecule has 0 saturated carbocycles. The summed E-state index contributed by atoms with van der Waals surface area (Å²) in [5, 5.41) is 2.70. The van der Waals surface area contributed by atoms with Crippen LogP contribution in [-0.4, -0.2) is 37.7 Å². The molecule has 0 spiro atoms. The van der Waals surface area contributed by atoms with Crippen molar-refractivity contribution < 1.29 is 12.6 Å². The molecule has 0 amide bonds. The van der Waals surface area contributed by atoms with Gasteiger partial charge in [0, 0.05) is 41.6 Å². The van der Waals surface area contributed by atoms with Gasteiger partial charge in [0.1, 0.15) is 0 Å². The monoisotopic (exact) mass is 290 g/mol. The van der Waals surface area contributed by atoms with Crippen molar-refractivity contribution in [3.8, 4) is 0 Å². The summed E-state index contributed by atoms with van der Waals surface area (Å²) in [7, 11) is -2.81. The molecule has 0 fully saturated rings. The van der Waals surface area contributed by atoms with Gasteiger partial charge in [-0.3, -0.25) is 4.21 Å². The molecule has 0 saturated heterocycles. The molecule has 1 aromatic rings. The number of anilines is 1. The first kappa shape index (κ1) is 15.1. The predicted molar refractivity (Wildman–Crippen MR) is 74.7 cm³/mol. The lowest BCUT2D eigenvalue weighted by atomic mass is 10.3. The Labute approximate surface area is 110 Å². The van der Waals surface area contributed by atoms with E-state index in [0.717, 1.165) is 5.69 Å². The molecule has 0 radical (unpaired) electrons. The molecular weight excluding hydrogens is 272 g/mol. The van der Waals surface area contributed by atoms with Crippen LogP contribution in [0.1, 0.15) is 6.92 Å². The summed E-state index contributed by atoms with van der Waals surface area (Å²) in [6.45, 7) is 1.90. The van der Waals surface area contributed by atoms with Gasteiger partial charge in [0.15, 0.2) is 0 Å². The third kappa shape index (κ3) is 4.08. The SMILES string of the molecule is CNc1ccc(S(=O)(=O)NCC(C)S(C)=O)cc1. The normalized spacial score (nSPS) is 15.1. The summed E-state index contributed by atoms with van der Waals surface area (Å²) in [6.07, 6.45) is 1.56. The summed E-state index contributed by atoms with van der Waals surface area (Å²) in [6, 6.07) is 6.44. The fraction of sp³-hybridized carbons (Fsp3) is 0.455. The number of benzene rings is 1. The Balaban J connectivity index is 2.76. The number of rotatable bonds is 6. The van der Waals surface area contributed by atoms with E-state index in [0.29, 0.717) is 0 Å². The van der Waals surface area contributed by atoms with Crippen LogP contribution in [0.5, 0.6) is 0 Å². The summed E-state index contributed by atoms with van der Waals surface area (Å²) < 4.78 is 37.5. The average molecular weight is 290 g/mol. The van der Waals surface area contributed by atoms with Crippen LogP contribution in [0.25, 0.3) is 0 Å². The Morgan fingerprint density at radius 1 is 1.28 bits per heavy atom. The average Bonchev–Trinajstić information content (AvgIpc) is 2.36. The van der Waals surface area contributed by atoms with Gasteiger partial charge in [0.2, 0.25) is 10.0 Å². The molecule has 1 aromatic carbocycles. The highest BCUT2D eigenvalue weighted by Crippen LogP contribution is 2.13.